The third-order valence-corrected chi connectivity index (χ3v) is 16.2. The summed E-state index contributed by atoms with van der Waals surface area (Å²) in [5.74, 6) is 1.01. The molecule has 0 spiro atoms. The molecule has 0 bridgehead atoms. The number of pyridine rings is 1. The Morgan fingerprint density at radius 1 is 0.512 bits per heavy atom. The van der Waals surface area contributed by atoms with Gasteiger partial charge in [0.05, 0.1) is 16.7 Å². The van der Waals surface area contributed by atoms with Crippen LogP contribution in [-0.2, 0) is 62.0 Å². The average molecular weight is 1220 g/mol. The van der Waals surface area contributed by atoms with Gasteiger partial charge in [-0.1, -0.05) is 193 Å². The van der Waals surface area contributed by atoms with Crippen LogP contribution in [0.5, 0.6) is 0 Å². The van der Waals surface area contributed by atoms with Crippen molar-refractivity contribution < 1.29 is 20.1 Å². The maximum Gasteiger partial charge on any atom is 3.00 e. The number of aryl methyl sites for hydroxylation is 4. The van der Waals surface area contributed by atoms with Crippen molar-refractivity contribution in [1.29, 1.82) is 0 Å². The molecule has 8 aromatic carbocycles. The van der Waals surface area contributed by atoms with Crippen molar-refractivity contribution in [2.24, 2.45) is 0 Å². The maximum absolute atomic E-state index is 5.50. The van der Waals surface area contributed by atoms with E-state index in [0.29, 0.717) is 0 Å². The predicted octanol–water partition coefficient (Wildman–Crippen LogP) is 17.2. The van der Waals surface area contributed by atoms with Gasteiger partial charge in [0.15, 0.2) is 0 Å². The Morgan fingerprint density at radius 3 is 1.89 bits per heavy atom. The summed E-state index contributed by atoms with van der Waals surface area (Å²) in [6, 6.07) is 74.6. The van der Waals surface area contributed by atoms with Gasteiger partial charge in [-0.05, 0) is 121 Å². The van der Waals surface area contributed by atoms with Gasteiger partial charge in [-0.3, -0.25) is 14.6 Å². The third kappa shape index (κ3) is 10.0. The van der Waals surface area contributed by atoms with Gasteiger partial charge >= 0.3 is 20.1 Å². The molecule has 4 heterocycles. The first-order valence-electron chi connectivity index (χ1n) is 27.8. The van der Waals surface area contributed by atoms with Crippen LogP contribution in [0.1, 0.15) is 94.1 Å². The van der Waals surface area contributed by atoms with Crippen LogP contribution in [0.25, 0.3) is 89.0 Å². The number of hydrogen-bond donors (Lipinski definition) is 0. The van der Waals surface area contributed by atoms with Crippen LogP contribution in [0, 0.1) is 18.2 Å². The molecule has 0 saturated heterocycles. The van der Waals surface area contributed by atoms with Gasteiger partial charge in [0, 0.05) is 24.0 Å². The molecule has 1 aliphatic rings. The Balaban J connectivity index is 0.00000637. The zero-order valence-electron chi connectivity index (χ0n) is 46.5. The number of rotatable bonds is 12. The molecule has 394 valence electrons. The van der Waals surface area contributed by atoms with E-state index in [1.807, 2.05) is 35.3 Å². The van der Waals surface area contributed by atoms with Gasteiger partial charge in [-0.25, -0.2) is 0 Å². The topological polar surface area (TPSA) is 60.9 Å². The van der Waals surface area contributed by atoms with Crippen molar-refractivity contribution in [2.45, 2.75) is 96.8 Å². The molecule has 1 aliphatic carbocycles. The number of nitrogens with zero attached hydrogens (tertiary/aromatic N) is 6. The molecular formula is C73H63IrN6. The largest absolute Gasteiger partial charge is 3.00 e. The van der Waals surface area contributed by atoms with Crippen LogP contribution in [0.15, 0.2) is 195 Å². The van der Waals surface area contributed by atoms with E-state index in [4.69, 9.17) is 15.0 Å². The fraction of sp³-hybridized carbons (Fsp3) is 0.205. The van der Waals surface area contributed by atoms with E-state index in [9.17, 15) is 0 Å². The molecule has 0 atom stereocenters. The predicted molar refractivity (Wildman–Crippen MR) is 324 cm³/mol. The molecule has 0 aliphatic heterocycles. The summed E-state index contributed by atoms with van der Waals surface area (Å²) >= 11 is 0. The molecule has 6 nitrogen and oxygen atoms in total. The van der Waals surface area contributed by atoms with Gasteiger partial charge in [-0.2, -0.15) is 28.9 Å². The molecule has 4 aromatic heterocycles. The van der Waals surface area contributed by atoms with Crippen LogP contribution in [0.4, 0.5) is 0 Å². The Bertz CT molecular complexity index is 4220. The second kappa shape index (κ2) is 20.9. The second-order valence-electron chi connectivity index (χ2n) is 24.0. The second-order valence-corrected chi connectivity index (χ2v) is 24.0. The van der Waals surface area contributed by atoms with E-state index in [2.05, 4.69) is 234 Å². The maximum atomic E-state index is 5.50. The smallest absolute Gasteiger partial charge is 0.321 e. The van der Waals surface area contributed by atoms with Crippen LogP contribution >= 0.6 is 0 Å². The quantitative estimate of drug-likeness (QED) is 0.114. The summed E-state index contributed by atoms with van der Waals surface area (Å²) in [5.41, 5.74) is 23.9. The van der Waals surface area contributed by atoms with Crippen LogP contribution in [-0.4, -0.2) is 29.1 Å². The SMILES string of the molecule is CC(C)(C)c1nc2cc(CCc3cc(CCc4c[c-]c(-n5cccn5)cc4)cc(-c4ccccc4-c4c[c-]c(-c5ccccn5)cc4-c4ccc(-c5ccccc5)cc4)c3)c[c-]c2c2nc3cc4c(cc3n12)C(C)(C)CC4(C)C.[Ir+3]. The summed E-state index contributed by atoms with van der Waals surface area (Å²) < 4.78 is 4.17. The Hall–Kier alpha value is -8.09. The molecule has 80 heavy (non-hydrogen) atoms. The first-order valence-corrected chi connectivity index (χ1v) is 27.8. The Kier molecular flexibility index (Phi) is 13.7. The number of hydrogen-bond acceptors (Lipinski definition) is 4. The summed E-state index contributed by atoms with van der Waals surface area (Å²) in [4.78, 5) is 15.6. The van der Waals surface area contributed by atoms with E-state index < -0.39 is 0 Å². The van der Waals surface area contributed by atoms with E-state index in [1.54, 1.807) is 6.20 Å². The average Bonchev–Trinajstić information content (AvgIpc) is 4.29. The van der Waals surface area contributed by atoms with Crippen molar-refractivity contribution in [1.82, 2.24) is 29.1 Å². The third-order valence-electron chi connectivity index (χ3n) is 16.2. The molecule has 0 fully saturated rings. The van der Waals surface area contributed by atoms with E-state index in [0.717, 1.165) is 105 Å². The molecule has 0 radical (unpaired) electrons. The van der Waals surface area contributed by atoms with E-state index in [-0.39, 0.29) is 36.4 Å². The summed E-state index contributed by atoms with van der Waals surface area (Å²) in [6.07, 6.45) is 10.1. The van der Waals surface area contributed by atoms with Crippen molar-refractivity contribution in [3.05, 3.63) is 252 Å². The minimum Gasteiger partial charge on any atom is -0.321 e. The molecule has 0 unspecified atom stereocenters. The summed E-state index contributed by atoms with van der Waals surface area (Å²) in [7, 11) is 0. The van der Waals surface area contributed by atoms with Gasteiger partial charge in [0.25, 0.3) is 0 Å². The molecule has 0 N–H and O–H groups in total. The number of imidazole rings is 1. The first kappa shape index (κ1) is 52.6. The minimum absolute atomic E-state index is 0. The van der Waals surface area contributed by atoms with Crippen molar-refractivity contribution in [3.8, 4) is 61.5 Å². The molecule has 0 amide bonds. The van der Waals surface area contributed by atoms with E-state index >= 15 is 0 Å². The molecular weight excluding hydrogens is 1150 g/mol. The molecule has 13 rings (SSSR count). The van der Waals surface area contributed by atoms with Gasteiger partial charge in [0.2, 0.25) is 0 Å². The van der Waals surface area contributed by atoms with Crippen molar-refractivity contribution in [3.63, 3.8) is 0 Å². The van der Waals surface area contributed by atoms with Crippen molar-refractivity contribution in [2.75, 3.05) is 0 Å². The van der Waals surface area contributed by atoms with Crippen LogP contribution in [0.2, 0.25) is 0 Å². The van der Waals surface area contributed by atoms with E-state index in [1.165, 1.54) is 55.6 Å². The fourth-order valence-corrected chi connectivity index (χ4v) is 12.5. The Labute approximate surface area is 484 Å². The Morgan fingerprint density at radius 2 is 1.19 bits per heavy atom. The van der Waals surface area contributed by atoms with Gasteiger partial charge in [-0.15, -0.1) is 53.6 Å². The fourth-order valence-electron chi connectivity index (χ4n) is 12.5. The van der Waals surface area contributed by atoms with Crippen LogP contribution in [0.3, 0.4) is 0 Å². The zero-order valence-corrected chi connectivity index (χ0v) is 48.9. The number of aromatic nitrogens is 6. The number of benzene rings is 8. The minimum atomic E-state index is -0.232. The monoisotopic (exact) mass is 1220 g/mol. The molecule has 0 saturated carbocycles. The van der Waals surface area contributed by atoms with Gasteiger partial charge in [0.1, 0.15) is 5.82 Å². The summed E-state index contributed by atoms with van der Waals surface area (Å²) in [5, 5.41) is 5.38. The van der Waals surface area contributed by atoms with Crippen molar-refractivity contribution >= 4 is 27.6 Å². The van der Waals surface area contributed by atoms with Crippen LogP contribution < -0.4 is 0 Å². The first-order chi connectivity index (χ1) is 38.2. The summed E-state index contributed by atoms with van der Waals surface area (Å²) in [6.45, 7) is 16.3. The number of fused-ring (bicyclic) bond motifs is 6. The van der Waals surface area contributed by atoms with Gasteiger partial charge < -0.3 is 9.38 Å². The zero-order chi connectivity index (χ0) is 54.0. The standard InChI is InChI=1S/C73H63N6.Ir/c1-71(2,3)70-77-66-43-49(27-35-61(66)69-76-67-45-63-64(46-68(67)79(69)70)73(6,7)47-72(63,4)5)22-24-51-40-50(23-21-48-25-33-57(34-26-48)78-39-15-38-75-78)41-56(42-51)58-18-11-12-19-59(58)60-36-32-55(65-20-13-14-37-74-65)44-62(60)54-30-28-53(29-31-54)52-16-9-8-10-17-52;/h8-20,25-31,33,36-46H,21-24,47H2,1-7H3;/q-3;+3. The molecule has 7 heteroatoms. The molecule has 12 aromatic rings. The normalized spacial score (nSPS) is 13.7.